The lowest BCUT2D eigenvalue weighted by Crippen LogP contribution is -2.15. The summed E-state index contributed by atoms with van der Waals surface area (Å²) in [5, 5.41) is 1.13. The molecule has 3 heteroatoms. The van der Waals surface area contributed by atoms with Gasteiger partial charge in [-0.3, -0.25) is 4.79 Å². The Labute approximate surface area is 112 Å². The average Bonchev–Trinajstić information content (AvgIpc) is 2.73. The van der Waals surface area contributed by atoms with Gasteiger partial charge >= 0.3 is 0 Å². The standard InChI is InChI=1S/C15H19NOS/c1-4-12(17)15-11-7-5-6-8-13(11)18-14(15)9-10-16(2)3/h5-8H,4,9-10H2,1-3H3. The van der Waals surface area contributed by atoms with Crippen LogP contribution in [-0.2, 0) is 6.42 Å². The molecule has 2 rings (SSSR count). The lowest BCUT2D eigenvalue weighted by Gasteiger charge is -2.09. The Morgan fingerprint density at radius 2 is 2.00 bits per heavy atom. The maximum Gasteiger partial charge on any atom is 0.164 e. The predicted molar refractivity (Wildman–Crippen MR) is 78.7 cm³/mol. The van der Waals surface area contributed by atoms with Gasteiger partial charge in [-0.2, -0.15) is 0 Å². The first kappa shape index (κ1) is 13.2. The van der Waals surface area contributed by atoms with Crippen LogP contribution in [0.5, 0.6) is 0 Å². The minimum absolute atomic E-state index is 0.265. The first-order chi connectivity index (χ1) is 8.63. The van der Waals surface area contributed by atoms with Crippen LogP contribution in [0.1, 0.15) is 28.6 Å². The van der Waals surface area contributed by atoms with Crippen molar-refractivity contribution in [3.05, 3.63) is 34.7 Å². The van der Waals surface area contributed by atoms with Gasteiger partial charge in [-0.25, -0.2) is 0 Å². The van der Waals surface area contributed by atoms with Crippen molar-refractivity contribution < 1.29 is 4.79 Å². The maximum absolute atomic E-state index is 12.1. The molecule has 0 bridgehead atoms. The summed E-state index contributed by atoms with van der Waals surface area (Å²) in [4.78, 5) is 15.5. The monoisotopic (exact) mass is 261 g/mol. The summed E-state index contributed by atoms with van der Waals surface area (Å²) in [6, 6.07) is 8.21. The van der Waals surface area contributed by atoms with Crippen LogP contribution >= 0.6 is 11.3 Å². The predicted octanol–water partition coefficient (Wildman–Crippen LogP) is 3.60. The van der Waals surface area contributed by atoms with E-state index in [2.05, 4.69) is 31.1 Å². The van der Waals surface area contributed by atoms with E-state index >= 15 is 0 Å². The number of ketones is 1. The fraction of sp³-hybridized carbons (Fsp3) is 0.400. The summed E-state index contributed by atoms with van der Waals surface area (Å²) in [6.07, 6.45) is 1.53. The van der Waals surface area contributed by atoms with Gasteiger partial charge in [0.25, 0.3) is 0 Å². The van der Waals surface area contributed by atoms with Gasteiger partial charge in [-0.05, 0) is 26.6 Å². The van der Waals surface area contributed by atoms with Gasteiger partial charge in [0.05, 0.1) is 0 Å². The molecule has 0 unspecified atom stereocenters. The Morgan fingerprint density at radius 1 is 1.28 bits per heavy atom. The van der Waals surface area contributed by atoms with Gasteiger partial charge in [-0.15, -0.1) is 11.3 Å². The molecule has 96 valence electrons. The number of hydrogen-bond acceptors (Lipinski definition) is 3. The molecule has 0 aliphatic heterocycles. The summed E-state index contributed by atoms with van der Waals surface area (Å²) in [5.41, 5.74) is 0.958. The van der Waals surface area contributed by atoms with Gasteiger partial charge < -0.3 is 4.90 Å². The number of Topliss-reactive ketones (excluding diaryl/α,β-unsaturated/α-hetero) is 1. The molecule has 2 nitrogen and oxygen atoms in total. The fourth-order valence-corrected chi connectivity index (χ4v) is 3.29. The van der Waals surface area contributed by atoms with Crippen molar-refractivity contribution in [1.29, 1.82) is 0 Å². The molecule has 0 spiro atoms. The Kier molecular flexibility index (Phi) is 4.15. The van der Waals surface area contributed by atoms with Crippen molar-refractivity contribution in [3.8, 4) is 0 Å². The van der Waals surface area contributed by atoms with Crippen LogP contribution < -0.4 is 0 Å². The van der Waals surface area contributed by atoms with Crippen LogP contribution in [0, 0.1) is 0 Å². The third-order valence-corrected chi connectivity index (χ3v) is 4.28. The van der Waals surface area contributed by atoms with Crippen molar-refractivity contribution >= 4 is 27.2 Å². The second-order valence-corrected chi connectivity index (χ2v) is 5.86. The lowest BCUT2D eigenvalue weighted by atomic mass is 10.0. The molecule has 1 aromatic heterocycles. The number of rotatable bonds is 5. The third-order valence-electron chi connectivity index (χ3n) is 3.05. The molecule has 18 heavy (non-hydrogen) atoms. The largest absolute Gasteiger partial charge is 0.309 e. The van der Waals surface area contributed by atoms with Crippen molar-refractivity contribution in [3.63, 3.8) is 0 Å². The van der Waals surface area contributed by atoms with Crippen molar-refractivity contribution in [2.24, 2.45) is 0 Å². The highest BCUT2D eigenvalue weighted by atomic mass is 32.1. The van der Waals surface area contributed by atoms with Crippen LogP contribution in [0.4, 0.5) is 0 Å². The molecule has 0 saturated carbocycles. The van der Waals surface area contributed by atoms with Gasteiger partial charge in [0, 0.05) is 33.5 Å². The Morgan fingerprint density at radius 3 is 2.67 bits per heavy atom. The van der Waals surface area contributed by atoms with Crippen molar-refractivity contribution in [2.75, 3.05) is 20.6 Å². The molecule has 0 amide bonds. The normalized spacial score (nSPS) is 11.3. The number of hydrogen-bond donors (Lipinski definition) is 0. The van der Waals surface area contributed by atoms with Gasteiger partial charge in [0.1, 0.15) is 0 Å². The molecular formula is C15H19NOS. The van der Waals surface area contributed by atoms with E-state index in [1.807, 2.05) is 19.1 Å². The number of benzene rings is 1. The van der Waals surface area contributed by atoms with E-state index < -0.39 is 0 Å². The zero-order valence-corrected chi connectivity index (χ0v) is 12.0. The van der Waals surface area contributed by atoms with Crippen LogP contribution in [-0.4, -0.2) is 31.3 Å². The fourth-order valence-electron chi connectivity index (χ4n) is 2.08. The molecule has 1 heterocycles. The molecule has 0 atom stereocenters. The third kappa shape index (κ3) is 2.62. The zero-order chi connectivity index (χ0) is 13.1. The van der Waals surface area contributed by atoms with E-state index in [1.54, 1.807) is 11.3 Å². The van der Waals surface area contributed by atoms with E-state index in [0.717, 1.165) is 23.9 Å². The first-order valence-electron chi connectivity index (χ1n) is 6.31. The Balaban J connectivity index is 2.46. The molecule has 0 aliphatic carbocycles. The number of carbonyl (C=O) groups is 1. The van der Waals surface area contributed by atoms with E-state index in [-0.39, 0.29) is 5.78 Å². The lowest BCUT2D eigenvalue weighted by molar-refractivity contribution is 0.0989. The Bertz CT molecular complexity index is 557. The van der Waals surface area contributed by atoms with E-state index in [9.17, 15) is 4.79 Å². The molecule has 0 saturated heterocycles. The van der Waals surface area contributed by atoms with Crippen LogP contribution in [0.15, 0.2) is 24.3 Å². The number of fused-ring (bicyclic) bond motifs is 1. The number of likely N-dealkylation sites (N-methyl/N-ethyl adjacent to an activating group) is 1. The SMILES string of the molecule is CCC(=O)c1c(CCN(C)C)sc2ccccc12. The number of thiophene rings is 1. The second kappa shape index (κ2) is 5.63. The van der Waals surface area contributed by atoms with Crippen LogP contribution in [0.3, 0.4) is 0 Å². The minimum atomic E-state index is 0.265. The van der Waals surface area contributed by atoms with Crippen molar-refractivity contribution in [1.82, 2.24) is 4.90 Å². The average molecular weight is 261 g/mol. The molecule has 1 aromatic carbocycles. The van der Waals surface area contributed by atoms with Crippen molar-refractivity contribution in [2.45, 2.75) is 19.8 Å². The summed E-state index contributed by atoms with van der Waals surface area (Å²) in [7, 11) is 4.13. The molecule has 0 N–H and O–H groups in total. The highest BCUT2D eigenvalue weighted by Crippen LogP contribution is 2.32. The molecule has 0 aliphatic rings. The van der Waals surface area contributed by atoms with Gasteiger partial charge in [-0.1, -0.05) is 25.1 Å². The summed E-state index contributed by atoms with van der Waals surface area (Å²) >= 11 is 1.76. The Hall–Kier alpha value is -1.19. The summed E-state index contributed by atoms with van der Waals surface area (Å²) in [5.74, 6) is 0.265. The highest BCUT2D eigenvalue weighted by Gasteiger charge is 2.16. The van der Waals surface area contributed by atoms with Crippen LogP contribution in [0.25, 0.3) is 10.1 Å². The van der Waals surface area contributed by atoms with Gasteiger partial charge in [0.2, 0.25) is 0 Å². The quantitative estimate of drug-likeness (QED) is 0.766. The summed E-state index contributed by atoms with van der Waals surface area (Å²) < 4.78 is 1.23. The summed E-state index contributed by atoms with van der Waals surface area (Å²) in [6.45, 7) is 2.92. The first-order valence-corrected chi connectivity index (χ1v) is 7.13. The van der Waals surface area contributed by atoms with Crippen LogP contribution in [0.2, 0.25) is 0 Å². The zero-order valence-electron chi connectivity index (χ0n) is 11.2. The number of carbonyl (C=O) groups excluding carboxylic acids is 1. The molecular weight excluding hydrogens is 242 g/mol. The number of nitrogens with zero attached hydrogens (tertiary/aromatic N) is 1. The molecule has 0 radical (unpaired) electrons. The topological polar surface area (TPSA) is 20.3 Å². The molecule has 0 fully saturated rings. The smallest absolute Gasteiger partial charge is 0.164 e. The van der Waals surface area contributed by atoms with E-state index in [4.69, 9.17) is 0 Å². The minimum Gasteiger partial charge on any atom is -0.309 e. The molecule has 2 aromatic rings. The second-order valence-electron chi connectivity index (χ2n) is 4.73. The highest BCUT2D eigenvalue weighted by molar-refractivity contribution is 7.19. The maximum atomic E-state index is 12.1. The van der Waals surface area contributed by atoms with E-state index in [1.165, 1.54) is 9.58 Å². The van der Waals surface area contributed by atoms with Gasteiger partial charge in [0.15, 0.2) is 5.78 Å². The van der Waals surface area contributed by atoms with E-state index in [0.29, 0.717) is 6.42 Å².